The fourth-order valence-corrected chi connectivity index (χ4v) is 2.39. The van der Waals surface area contributed by atoms with Crippen LogP contribution in [0.3, 0.4) is 0 Å². The zero-order valence-corrected chi connectivity index (χ0v) is 12.1. The highest BCUT2D eigenvalue weighted by Crippen LogP contribution is 2.18. The Balaban J connectivity index is 2.03. The normalized spacial score (nSPS) is 17.4. The second-order valence-corrected chi connectivity index (χ2v) is 6.08. The van der Waals surface area contributed by atoms with E-state index < -0.39 is 11.6 Å². The number of carbonyl (C=O) groups excluding carboxylic acids is 1. The van der Waals surface area contributed by atoms with Gasteiger partial charge in [0.25, 0.3) is 5.91 Å². The number of carbonyl (C=O) groups is 1. The largest absolute Gasteiger partial charge is 0.336 e. The van der Waals surface area contributed by atoms with E-state index in [2.05, 4.69) is 25.7 Å². The molecule has 0 saturated carbocycles. The van der Waals surface area contributed by atoms with Gasteiger partial charge in [0.05, 0.1) is 0 Å². The van der Waals surface area contributed by atoms with Crippen molar-refractivity contribution in [3.05, 3.63) is 35.4 Å². The van der Waals surface area contributed by atoms with Crippen LogP contribution >= 0.6 is 0 Å². The molecule has 0 spiro atoms. The van der Waals surface area contributed by atoms with Gasteiger partial charge in [-0.05, 0) is 39.0 Å². The van der Waals surface area contributed by atoms with Crippen molar-refractivity contribution in [3.63, 3.8) is 0 Å². The second-order valence-electron chi connectivity index (χ2n) is 6.08. The highest BCUT2D eigenvalue weighted by Gasteiger charge is 2.28. The Morgan fingerprint density at radius 1 is 1.05 bits per heavy atom. The van der Waals surface area contributed by atoms with Crippen LogP contribution in [0.25, 0.3) is 0 Å². The molecule has 2 rings (SSSR count). The maximum Gasteiger partial charge on any atom is 0.254 e. The van der Waals surface area contributed by atoms with Crippen LogP contribution in [0.4, 0.5) is 8.78 Å². The van der Waals surface area contributed by atoms with E-state index in [9.17, 15) is 13.6 Å². The molecule has 1 amide bonds. The summed E-state index contributed by atoms with van der Waals surface area (Å²) in [6.07, 6.45) is 0. The fraction of sp³-hybridized carbons (Fsp3) is 0.533. The summed E-state index contributed by atoms with van der Waals surface area (Å²) < 4.78 is 26.1. The van der Waals surface area contributed by atoms with Crippen molar-refractivity contribution in [2.24, 2.45) is 0 Å². The number of benzene rings is 1. The Bertz CT molecular complexity index is 503. The van der Waals surface area contributed by atoms with Gasteiger partial charge in [0.2, 0.25) is 0 Å². The van der Waals surface area contributed by atoms with E-state index in [0.29, 0.717) is 13.1 Å². The molecule has 0 atom stereocenters. The highest BCUT2D eigenvalue weighted by molar-refractivity contribution is 5.94. The predicted molar refractivity (Wildman–Crippen MR) is 73.6 cm³/mol. The summed E-state index contributed by atoms with van der Waals surface area (Å²) in [5.41, 5.74) is 0.282. The van der Waals surface area contributed by atoms with Gasteiger partial charge in [-0.3, -0.25) is 9.69 Å². The number of hydrogen-bond donors (Lipinski definition) is 0. The maximum atomic E-state index is 13.2. The Labute approximate surface area is 118 Å². The number of nitrogens with zero attached hydrogens (tertiary/aromatic N) is 2. The summed E-state index contributed by atoms with van der Waals surface area (Å²) in [6, 6.07) is 3.29. The molecule has 0 bridgehead atoms. The standard InChI is InChI=1S/C15H20F2N2O/c1-15(2,3)19-8-6-18(7-9-19)14(20)11-4-5-12(16)13(17)10-11/h4-5,10H,6-9H2,1-3H3. The molecular weight excluding hydrogens is 262 g/mol. The maximum absolute atomic E-state index is 13.2. The quantitative estimate of drug-likeness (QED) is 0.790. The average Bonchev–Trinajstić information content (AvgIpc) is 2.40. The zero-order valence-electron chi connectivity index (χ0n) is 12.1. The van der Waals surface area contributed by atoms with E-state index >= 15 is 0 Å². The van der Waals surface area contributed by atoms with E-state index in [-0.39, 0.29) is 17.0 Å². The molecule has 0 radical (unpaired) electrons. The third kappa shape index (κ3) is 3.15. The molecule has 0 N–H and O–H groups in total. The Morgan fingerprint density at radius 2 is 1.65 bits per heavy atom. The first kappa shape index (κ1) is 14.9. The van der Waals surface area contributed by atoms with Crippen LogP contribution in [-0.4, -0.2) is 47.4 Å². The van der Waals surface area contributed by atoms with Crippen LogP contribution in [0.1, 0.15) is 31.1 Å². The summed E-state index contributed by atoms with van der Waals surface area (Å²) in [4.78, 5) is 16.2. The molecule has 1 aromatic carbocycles. The predicted octanol–water partition coefficient (Wildman–Crippen LogP) is 2.52. The van der Waals surface area contributed by atoms with E-state index in [1.807, 2.05) is 0 Å². The third-order valence-corrected chi connectivity index (χ3v) is 3.68. The lowest BCUT2D eigenvalue weighted by Gasteiger charge is -2.42. The van der Waals surface area contributed by atoms with Crippen LogP contribution in [0.15, 0.2) is 18.2 Å². The smallest absolute Gasteiger partial charge is 0.254 e. The Morgan fingerprint density at radius 3 is 2.15 bits per heavy atom. The average molecular weight is 282 g/mol. The van der Waals surface area contributed by atoms with Crippen molar-refractivity contribution in [1.29, 1.82) is 0 Å². The molecule has 0 aromatic heterocycles. The van der Waals surface area contributed by atoms with Crippen molar-refractivity contribution in [2.45, 2.75) is 26.3 Å². The minimum Gasteiger partial charge on any atom is -0.336 e. The summed E-state index contributed by atoms with van der Waals surface area (Å²) in [6.45, 7) is 9.21. The van der Waals surface area contributed by atoms with Crippen LogP contribution in [0, 0.1) is 11.6 Å². The van der Waals surface area contributed by atoms with Crippen molar-refractivity contribution < 1.29 is 13.6 Å². The van der Waals surface area contributed by atoms with E-state index in [1.165, 1.54) is 6.07 Å². The first-order valence-electron chi connectivity index (χ1n) is 6.78. The van der Waals surface area contributed by atoms with Gasteiger partial charge >= 0.3 is 0 Å². The Hall–Kier alpha value is -1.49. The van der Waals surface area contributed by atoms with Gasteiger partial charge in [-0.25, -0.2) is 8.78 Å². The molecule has 20 heavy (non-hydrogen) atoms. The number of hydrogen-bond acceptors (Lipinski definition) is 2. The van der Waals surface area contributed by atoms with E-state index in [4.69, 9.17) is 0 Å². The second kappa shape index (κ2) is 5.48. The zero-order chi connectivity index (χ0) is 14.9. The van der Waals surface area contributed by atoms with E-state index in [1.54, 1.807) is 4.90 Å². The monoisotopic (exact) mass is 282 g/mol. The van der Waals surface area contributed by atoms with Crippen LogP contribution < -0.4 is 0 Å². The summed E-state index contributed by atoms with van der Waals surface area (Å²) in [5, 5.41) is 0. The van der Waals surface area contributed by atoms with Crippen molar-refractivity contribution in [2.75, 3.05) is 26.2 Å². The minimum absolute atomic E-state index is 0.0805. The van der Waals surface area contributed by atoms with Gasteiger partial charge in [0.15, 0.2) is 11.6 Å². The molecule has 5 heteroatoms. The van der Waals surface area contributed by atoms with Crippen LogP contribution in [0.5, 0.6) is 0 Å². The molecule has 0 unspecified atom stereocenters. The van der Waals surface area contributed by atoms with Gasteiger partial charge in [-0.2, -0.15) is 0 Å². The highest BCUT2D eigenvalue weighted by atomic mass is 19.2. The van der Waals surface area contributed by atoms with E-state index in [0.717, 1.165) is 25.2 Å². The first-order chi connectivity index (χ1) is 9.29. The molecule has 1 saturated heterocycles. The number of rotatable bonds is 1. The summed E-state index contributed by atoms with van der Waals surface area (Å²) in [5.74, 6) is -2.15. The van der Waals surface area contributed by atoms with Gasteiger partial charge in [-0.15, -0.1) is 0 Å². The summed E-state index contributed by atoms with van der Waals surface area (Å²) in [7, 11) is 0. The fourth-order valence-electron chi connectivity index (χ4n) is 2.39. The lowest BCUT2D eigenvalue weighted by atomic mass is 10.0. The summed E-state index contributed by atoms with van der Waals surface area (Å²) >= 11 is 0. The molecule has 1 aliphatic rings. The lowest BCUT2D eigenvalue weighted by molar-refractivity contribution is 0.0450. The SMILES string of the molecule is CC(C)(C)N1CCN(C(=O)c2ccc(F)c(F)c2)CC1. The third-order valence-electron chi connectivity index (χ3n) is 3.68. The van der Waals surface area contributed by atoms with Gasteiger partial charge in [0.1, 0.15) is 0 Å². The first-order valence-corrected chi connectivity index (χ1v) is 6.78. The topological polar surface area (TPSA) is 23.6 Å². The van der Waals surface area contributed by atoms with Crippen LogP contribution in [-0.2, 0) is 0 Å². The molecule has 3 nitrogen and oxygen atoms in total. The van der Waals surface area contributed by atoms with Crippen molar-refractivity contribution in [1.82, 2.24) is 9.80 Å². The van der Waals surface area contributed by atoms with Gasteiger partial charge in [-0.1, -0.05) is 0 Å². The van der Waals surface area contributed by atoms with Crippen molar-refractivity contribution in [3.8, 4) is 0 Å². The molecule has 1 fully saturated rings. The van der Waals surface area contributed by atoms with Gasteiger partial charge in [0, 0.05) is 37.3 Å². The van der Waals surface area contributed by atoms with Crippen molar-refractivity contribution >= 4 is 5.91 Å². The molecule has 1 heterocycles. The molecule has 0 aliphatic carbocycles. The molecule has 110 valence electrons. The Kier molecular flexibility index (Phi) is 4.09. The number of amides is 1. The number of piperazine rings is 1. The minimum atomic E-state index is -0.982. The number of halogens is 2. The molecule has 1 aromatic rings. The lowest BCUT2D eigenvalue weighted by Crippen LogP contribution is -2.54. The van der Waals surface area contributed by atoms with Crippen LogP contribution in [0.2, 0.25) is 0 Å². The molecular formula is C15H20F2N2O. The van der Waals surface area contributed by atoms with Gasteiger partial charge < -0.3 is 4.90 Å². The molecule has 1 aliphatic heterocycles.